The summed E-state index contributed by atoms with van der Waals surface area (Å²) in [6.45, 7) is 2.42. The molecule has 3 N–H and O–H groups in total. The van der Waals surface area contributed by atoms with Crippen molar-refractivity contribution in [3.63, 3.8) is 0 Å². The Kier molecular flexibility index (Phi) is 4.23. The lowest BCUT2D eigenvalue weighted by Crippen LogP contribution is -2.46. The van der Waals surface area contributed by atoms with Crippen LogP contribution in [0.3, 0.4) is 0 Å². The third kappa shape index (κ3) is 3.09. The van der Waals surface area contributed by atoms with E-state index in [4.69, 9.17) is 14.7 Å². The van der Waals surface area contributed by atoms with E-state index in [-0.39, 0.29) is 6.54 Å². The molecular weight excluding hydrogens is 342 g/mol. The Morgan fingerprint density at radius 3 is 2.92 bits per heavy atom. The highest BCUT2D eigenvalue weighted by Crippen LogP contribution is 2.44. The molecule has 2 saturated heterocycles. The van der Waals surface area contributed by atoms with E-state index in [2.05, 4.69) is 14.5 Å². The minimum atomic E-state index is -4.79. The fourth-order valence-corrected chi connectivity index (χ4v) is 3.53. The molecule has 0 radical (unpaired) electrons. The molecule has 2 aliphatic heterocycles. The molecule has 3 rings (SSSR count). The van der Waals surface area contributed by atoms with E-state index in [1.807, 2.05) is 0 Å². The quantitative estimate of drug-likeness (QED) is 0.668. The number of carbonyl (C=O) groups is 1. The maximum absolute atomic E-state index is 12.5. The molecule has 3 heterocycles. The number of amides is 2. The van der Waals surface area contributed by atoms with Crippen molar-refractivity contribution in [2.24, 2.45) is 5.73 Å². The molecule has 0 aliphatic carbocycles. The molecule has 1 aromatic heterocycles. The Labute approximate surface area is 138 Å². The zero-order valence-electron chi connectivity index (χ0n) is 13.1. The first kappa shape index (κ1) is 17.1. The number of fused-ring (bicyclic) bond motifs is 2. The molecule has 0 saturated carbocycles. The Balaban J connectivity index is 1.80. The number of rotatable bonds is 6. The van der Waals surface area contributed by atoms with Crippen LogP contribution in [0.5, 0.6) is 0 Å². The van der Waals surface area contributed by atoms with Gasteiger partial charge < -0.3 is 15.1 Å². The molecule has 24 heavy (non-hydrogen) atoms. The first-order valence-electron chi connectivity index (χ1n) is 7.54. The van der Waals surface area contributed by atoms with Gasteiger partial charge in [-0.3, -0.25) is 4.55 Å². The summed E-state index contributed by atoms with van der Waals surface area (Å²) in [6.07, 6.45) is 2.23. The van der Waals surface area contributed by atoms with Gasteiger partial charge in [0.1, 0.15) is 6.04 Å². The number of urea groups is 1. The summed E-state index contributed by atoms with van der Waals surface area (Å²) in [5.41, 5.74) is 4.59. The van der Waals surface area contributed by atoms with E-state index in [0.717, 1.165) is 0 Å². The van der Waals surface area contributed by atoms with Gasteiger partial charge >= 0.3 is 16.4 Å². The van der Waals surface area contributed by atoms with Crippen LogP contribution in [-0.2, 0) is 21.1 Å². The number of carbonyl (C=O) groups excluding carboxylic acids is 1. The highest BCUT2D eigenvalue weighted by atomic mass is 32.3. The fraction of sp³-hybridized carbons (Fsp3) is 0.750. The van der Waals surface area contributed by atoms with E-state index in [0.29, 0.717) is 49.1 Å². The normalized spacial score (nSPS) is 27.1. The molecule has 2 bridgehead atoms. The van der Waals surface area contributed by atoms with E-state index < -0.39 is 28.0 Å². The SMILES string of the molecule is C[C@@]12CC[C@@H](c3nnc(CCCN)o3)N(C1)C(=O)N2OS(=O)(=O)O. The van der Waals surface area contributed by atoms with E-state index >= 15 is 0 Å². The number of piperidine rings is 1. The Morgan fingerprint density at radius 1 is 1.50 bits per heavy atom. The zero-order chi connectivity index (χ0) is 17.5. The summed E-state index contributed by atoms with van der Waals surface area (Å²) < 4.78 is 40.9. The third-order valence-corrected chi connectivity index (χ3v) is 4.62. The maximum Gasteiger partial charge on any atom is 0.418 e. The van der Waals surface area contributed by atoms with Crippen LogP contribution in [0.2, 0.25) is 0 Å². The molecular formula is C12H19N5O6S. The van der Waals surface area contributed by atoms with Crippen molar-refractivity contribution in [1.82, 2.24) is 20.2 Å². The average molecular weight is 361 g/mol. The van der Waals surface area contributed by atoms with Gasteiger partial charge in [-0.1, -0.05) is 0 Å². The minimum absolute atomic E-state index is 0.229. The largest absolute Gasteiger partial charge is 0.423 e. The number of aryl methyl sites for hydroxylation is 1. The van der Waals surface area contributed by atoms with Gasteiger partial charge in [-0.25, -0.2) is 4.79 Å². The molecule has 2 amide bonds. The van der Waals surface area contributed by atoms with Crippen LogP contribution < -0.4 is 5.73 Å². The smallest absolute Gasteiger partial charge is 0.418 e. The Bertz CT molecular complexity index is 736. The molecule has 12 heteroatoms. The van der Waals surface area contributed by atoms with Gasteiger partial charge in [-0.15, -0.1) is 14.5 Å². The molecule has 2 fully saturated rings. The molecule has 0 aromatic carbocycles. The van der Waals surface area contributed by atoms with Crippen molar-refractivity contribution in [3.8, 4) is 0 Å². The summed E-state index contributed by atoms with van der Waals surface area (Å²) in [6, 6.07) is -1.13. The number of hydrogen-bond donors (Lipinski definition) is 2. The van der Waals surface area contributed by atoms with Crippen LogP contribution in [-0.4, -0.2) is 57.8 Å². The zero-order valence-corrected chi connectivity index (χ0v) is 13.9. The highest BCUT2D eigenvalue weighted by Gasteiger charge is 2.56. The first-order chi connectivity index (χ1) is 11.2. The molecule has 1 aromatic rings. The average Bonchev–Trinajstić information content (AvgIpc) is 3.03. The van der Waals surface area contributed by atoms with E-state index in [1.165, 1.54) is 4.90 Å². The predicted octanol–water partition coefficient (Wildman–Crippen LogP) is 0.0265. The van der Waals surface area contributed by atoms with Crippen LogP contribution in [0.4, 0.5) is 4.79 Å². The second-order valence-corrected chi connectivity index (χ2v) is 7.19. The van der Waals surface area contributed by atoms with E-state index in [1.54, 1.807) is 6.92 Å². The Morgan fingerprint density at radius 2 is 2.25 bits per heavy atom. The second kappa shape index (κ2) is 5.95. The lowest BCUT2D eigenvalue weighted by Gasteiger charge is -2.34. The van der Waals surface area contributed by atoms with Crippen molar-refractivity contribution < 1.29 is 26.5 Å². The first-order valence-corrected chi connectivity index (χ1v) is 8.90. The summed E-state index contributed by atoms with van der Waals surface area (Å²) in [4.78, 5) is 13.9. The number of hydrogen-bond acceptors (Lipinski definition) is 8. The molecule has 0 spiro atoms. The van der Waals surface area contributed by atoms with Crippen LogP contribution >= 0.6 is 0 Å². The minimum Gasteiger partial charge on any atom is -0.423 e. The standard InChI is InChI=1S/C12H19N5O6S/c1-12-5-4-8(10-15-14-9(22-10)3-2-6-13)16(7-12)11(18)17(12)23-24(19,20)21/h8H,2-7,13H2,1H3,(H,19,20,21)/t8-,12+/m0/s1. The molecule has 11 nitrogen and oxygen atoms in total. The predicted molar refractivity (Wildman–Crippen MR) is 78.6 cm³/mol. The molecule has 134 valence electrons. The van der Waals surface area contributed by atoms with Crippen molar-refractivity contribution in [2.45, 2.75) is 44.2 Å². The summed E-state index contributed by atoms with van der Waals surface area (Å²) in [5.74, 6) is 0.743. The van der Waals surface area contributed by atoms with Gasteiger partial charge in [0.2, 0.25) is 11.8 Å². The van der Waals surface area contributed by atoms with Gasteiger partial charge in [-0.2, -0.15) is 13.5 Å². The lowest BCUT2D eigenvalue weighted by molar-refractivity contribution is -0.0746. The summed E-state index contributed by atoms with van der Waals surface area (Å²) >= 11 is 0. The topological polar surface area (TPSA) is 152 Å². The highest BCUT2D eigenvalue weighted by molar-refractivity contribution is 7.80. The fourth-order valence-electron chi connectivity index (χ4n) is 3.10. The third-order valence-electron chi connectivity index (χ3n) is 4.28. The van der Waals surface area contributed by atoms with Crippen LogP contribution in [0, 0.1) is 0 Å². The van der Waals surface area contributed by atoms with Crippen LogP contribution in [0.1, 0.15) is 44.0 Å². The molecule has 2 aliphatic rings. The number of nitrogens with zero attached hydrogens (tertiary/aromatic N) is 4. The van der Waals surface area contributed by atoms with Crippen molar-refractivity contribution in [3.05, 3.63) is 11.8 Å². The summed E-state index contributed by atoms with van der Waals surface area (Å²) in [7, 11) is -4.79. The van der Waals surface area contributed by atoms with Gasteiger partial charge in [0.25, 0.3) is 0 Å². The van der Waals surface area contributed by atoms with E-state index in [9.17, 15) is 13.2 Å². The summed E-state index contributed by atoms with van der Waals surface area (Å²) in [5, 5.41) is 8.63. The van der Waals surface area contributed by atoms with Gasteiger partial charge in [0, 0.05) is 13.0 Å². The number of hydroxylamine groups is 2. The van der Waals surface area contributed by atoms with Gasteiger partial charge in [0.05, 0.1) is 5.54 Å². The second-order valence-electron chi connectivity index (χ2n) is 6.18. The van der Waals surface area contributed by atoms with Crippen molar-refractivity contribution >= 4 is 16.4 Å². The monoisotopic (exact) mass is 361 g/mol. The van der Waals surface area contributed by atoms with Crippen molar-refractivity contribution in [2.75, 3.05) is 13.1 Å². The molecule has 0 unspecified atom stereocenters. The maximum atomic E-state index is 12.5. The van der Waals surface area contributed by atoms with Gasteiger partial charge in [-0.05, 0) is 32.7 Å². The lowest BCUT2D eigenvalue weighted by atomic mass is 9.89. The van der Waals surface area contributed by atoms with Crippen molar-refractivity contribution in [1.29, 1.82) is 0 Å². The Hall–Kier alpha value is -1.76. The van der Waals surface area contributed by atoms with Gasteiger partial charge in [0.15, 0.2) is 0 Å². The molecule has 2 atom stereocenters. The van der Waals surface area contributed by atoms with Crippen LogP contribution in [0.25, 0.3) is 0 Å². The van der Waals surface area contributed by atoms with Crippen LogP contribution in [0.15, 0.2) is 4.42 Å². The number of aromatic nitrogens is 2. The number of nitrogens with two attached hydrogens (primary N) is 1.